The number of benzene rings is 2. The zero-order valence-corrected chi connectivity index (χ0v) is 15.9. The van der Waals surface area contributed by atoms with E-state index in [4.69, 9.17) is 9.84 Å². The lowest BCUT2D eigenvalue weighted by Gasteiger charge is -2.34. The second-order valence-corrected chi connectivity index (χ2v) is 7.24. The standard InChI is InChI=1S/C22H30N2O2/c1-17-8-9-20(13-18(17)2)23-21-6-4-10-24(16-21)15-19-5-3-7-22(14-19)26-12-11-25/h3,5,7-9,13-14,21,23,25H,4,6,10-12,15-16H2,1-2H3. The third kappa shape index (κ3) is 5.23. The van der Waals surface area contributed by atoms with Crippen molar-refractivity contribution in [2.45, 2.75) is 39.3 Å². The molecule has 1 unspecified atom stereocenters. The zero-order chi connectivity index (χ0) is 18.4. The van der Waals surface area contributed by atoms with Crippen LogP contribution in [0.4, 0.5) is 5.69 Å². The molecule has 1 heterocycles. The number of nitrogens with zero attached hydrogens (tertiary/aromatic N) is 1. The molecule has 2 aromatic rings. The van der Waals surface area contributed by atoms with Gasteiger partial charge >= 0.3 is 0 Å². The molecule has 140 valence electrons. The molecule has 0 aromatic heterocycles. The molecule has 0 saturated carbocycles. The van der Waals surface area contributed by atoms with E-state index >= 15 is 0 Å². The van der Waals surface area contributed by atoms with E-state index in [0.717, 1.165) is 25.4 Å². The molecule has 1 aliphatic heterocycles. The maximum Gasteiger partial charge on any atom is 0.119 e. The van der Waals surface area contributed by atoms with Crippen LogP contribution in [0.15, 0.2) is 42.5 Å². The molecular weight excluding hydrogens is 324 g/mol. The minimum absolute atomic E-state index is 0.0438. The van der Waals surface area contributed by atoms with Crippen molar-refractivity contribution < 1.29 is 9.84 Å². The molecule has 1 atom stereocenters. The maximum absolute atomic E-state index is 8.90. The van der Waals surface area contributed by atoms with E-state index in [1.165, 1.54) is 35.2 Å². The van der Waals surface area contributed by atoms with Crippen LogP contribution in [0.2, 0.25) is 0 Å². The van der Waals surface area contributed by atoms with E-state index < -0.39 is 0 Å². The maximum atomic E-state index is 8.90. The second-order valence-electron chi connectivity index (χ2n) is 7.24. The topological polar surface area (TPSA) is 44.7 Å². The average molecular weight is 354 g/mol. The normalized spacial score (nSPS) is 17.9. The Balaban J connectivity index is 1.57. The highest BCUT2D eigenvalue weighted by molar-refractivity contribution is 5.48. The van der Waals surface area contributed by atoms with E-state index in [-0.39, 0.29) is 6.61 Å². The number of hydrogen-bond acceptors (Lipinski definition) is 4. The van der Waals surface area contributed by atoms with Gasteiger partial charge in [0.15, 0.2) is 0 Å². The molecule has 26 heavy (non-hydrogen) atoms. The minimum atomic E-state index is 0.0438. The number of ether oxygens (including phenoxy) is 1. The summed E-state index contributed by atoms with van der Waals surface area (Å²) in [6, 6.07) is 15.3. The van der Waals surface area contributed by atoms with Gasteiger partial charge < -0.3 is 15.2 Å². The monoisotopic (exact) mass is 354 g/mol. The van der Waals surface area contributed by atoms with Crippen LogP contribution >= 0.6 is 0 Å². The van der Waals surface area contributed by atoms with Crippen molar-refractivity contribution in [1.82, 2.24) is 4.90 Å². The predicted molar refractivity (Wildman–Crippen MR) is 107 cm³/mol. The first-order valence-corrected chi connectivity index (χ1v) is 9.53. The Morgan fingerprint density at radius 1 is 1.15 bits per heavy atom. The summed E-state index contributed by atoms with van der Waals surface area (Å²) in [7, 11) is 0. The van der Waals surface area contributed by atoms with Crippen molar-refractivity contribution in [1.29, 1.82) is 0 Å². The molecule has 0 spiro atoms. The van der Waals surface area contributed by atoms with Crippen LogP contribution in [-0.2, 0) is 6.54 Å². The van der Waals surface area contributed by atoms with E-state index in [0.29, 0.717) is 12.6 Å². The Morgan fingerprint density at radius 3 is 2.85 bits per heavy atom. The SMILES string of the molecule is Cc1ccc(NC2CCCN(Cc3cccc(OCCO)c3)C2)cc1C. The summed E-state index contributed by atoms with van der Waals surface area (Å²) in [5, 5.41) is 12.6. The molecule has 4 nitrogen and oxygen atoms in total. The summed E-state index contributed by atoms with van der Waals surface area (Å²) >= 11 is 0. The van der Waals surface area contributed by atoms with Crippen LogP contribution < -0.4 is 10.1 Å². The van der Waals surface area contributed by atoms with Crippen molar-refractivity contribution in [2.24, 2.45) is 0 Å². The van der Waals surface area contributed by atoms with Crippen molar-refractivity contribution >= 4 is 5.69 Å². The summed E-state index contributed by atoms with van der Waals surface area (Å²) in [4.78, 5) is 2.51. The third-order valence-electron chi connectivity index (χ3n) is 5.05. The van der Waals surface area contributed by atoms with Crippen molar-refractivity contribution in [3.8, 4) is 5.75 Å². The van der Waals surface area contributed by atoms with E-state index in [2.05, 4.69) is 54.4 Å². The van der Waals surface area contributed by atoms with Crippen LogP contribution in [0, 0.1) is 13.8 Å². The number of nitrogens with one attached hydrogen (secondary N) is 1. The van der Waals surface area contributed by atoms with Gasteiger partial charge in [-0.3, -0.25) is 4.90 Å². The van der Waals surface area contributed by atoms with Gasteiger partial charge in [-0.15, -0.1) is 0 Å². The molecule has 4 heteroatoms. The molecule has 1 saturated heterocycles. The predicted octanol–water partition coefficient (Wildman–Crippen LogP) is 3.75. The highest BCUT2D eigenvalue weighted by Crippen LogP contribution is 2.21. The number of aliphatic hydroxyl groups is 1. The van der Waals surface area contributed by atoms with Gasteiger partial charge in [0.05, 0.1) is 6.61 Å². The van der Waals surface area contributed by atoms with Crippen molar-refractivity contribution in [3.05, 3.63) is 59.2 Å². The quantitative estimate of drug-likeness (QED) is 0.795. The largest absolute Gasteiger partial charge is 0.491 e. The number of anilines is 1. The number of piperidine rings is 1. The van der Waals surface area contributed by atoms with Crippen LogP contribution in [0.25, 0.3) is 0 Å². The fourth-order valence-electron chi connectivity index (χ4n) is 3.54. The highest BCUT2D eigenvalue weighted by Gasteiger charge is 2.20. The van der Waals surface area contributed by atoms with E-state index in [9.17, 15) is 0 Å². The molecule has 0 radical (unpaired) electrons. The Labute approximate surface area is 156 Å². The summed E-state index contributed by atoms with van der Waals surface area (Å²) in [5.74, 6) is 0.832. The van der Waals surface area contributed by atoms with Gasteiger partial charge in [0, 0.05) is 24.8 Å². The van der Waals surface area contributed by atoms with Crippen LogP contribution in [0.3, 0.4) is 0 Å². The molecule has 0 bridgehead atoms. The molecule has 2 aromatic carbocycles. The smallest absolute Gasteiger partial charge is 0.119 e. The van der Waals surface area contributed by atoms with Gasteiger partial charge in [0.2, 0.25) is 0 Å². The van der Waals surface area contributed by atoms with Gasteiger partial charge in [-0.2, -0.15) is 0 Å². The Kier molecular flexibility index (Phi) is 6.53. The van der Waals surface area contributed by atoms with Gasteiger partial charge in [0.25, 0.3) is 0 Å². The zero-order valence-electron chi connectivity index (χ0n) is 15.9. The van der Waals surface area contributed by atoms with Crippen molar-refractivity contribution in [2.75, 3.05) is 31.6 Å². The molecule has 1 fully saturated rings. The number of aliphatic hydroxyl groups excluding tert-OH is 1. The number of likely N-dealkylation sites (tertiary alicyclic amines) is 1. The average Bonchev–Trinajstić information content (AvgIpc) is 2.64. The van der Waals surface area contributed by atoms with Gasteiger partial charge in [0.1, 0.15) is 12.4 Å². The molecule has 2 N–H and O–H groups in total. The fourth-order valence-corrected chi connectivity index (χ4v) is 3.54. The van der Waals surface area contributed by atoms with Crippen LogP contribution in [-0.4, -0.2) is 42.4 Å². The highest BCUT2D eigenvalue weighted by atomic mass is 16.5. The summed E-state index contributed by atoms with van der Waals surface area (Å²) in [5.41, 5.74) is 5.15. The van der Waals surface area contributed by atoms with E-state index in [1.807, 2.05) is 12.1 Å². The molecule has 0 amide bonds. The first-order chi connectivity index (χ1) is 12.6. The lowest BCUT2D eigenvalue weighted by atomic mass is 10.0. The molecule has 0 aliphatic carbocycles. The Hall–Kier alpha value is -2.04. The third-order valence-corrected chi connectivity index (χ3v) is 5.05. The van der Waals surface area contributed by atoms with E-state index in [1.54, 1.807) is 0 Å². The lowest BCUT2D eigenvalue weighted by molar-refractivity contribution is 0.199. The number of aryl methyl sites for hydroxylation is 2. The molecular formula is C22H30N2O2. The first kappa shape index (κ1) is 18.7. The van der Waals surface area contributed by atoms with Gasteiger partial charge in [-0.1, -0.05) is 18.2 Å². The first-order valence-electron chi connectivity index (χ1n) is 9.53. The van der Waals surface area contributed by atoms with Crippen molar-refractivity contribution in [3.63, 3.8) is 0 Å². The van der Waals surface area contributed by atoms with Crippen LogP contribution in [0.5, 0.6) is 5.75 Å². The number of hydrogen-bond donors (Lipinski definition) is 2. The Morgan fingerprint density at radius 2 is 2.04 bits per heavy atom. The molecule has 1 aliphatic rings. The Bertz CT molecular complexity index is 717. The van der Waals surface area contributed by atoms with Gasteiger partial charge in [-0.05, 0) is 74.2 Å². The summed E-state index contributed by atoms with van der Waals surface area (Å²) in [6.45, 7) is 7.82. The van der Waals surface area contributed by atoms with Gasteiger partial charge in [-0.25, -0.2) is 0 Å². The lowest BCUT2D eigenvalue weighted by Crippen LogP contribution is -2.41. The second kappa shape index (κ2) is 9.06. The molecule has 3 rings (SSSR count). The fraction of sp³-hybridized carbons (Fsp3) is 0.455. The van der Waals surface area contributed by atoms with Crippen LogP contribution in [0.1, 0.15) is 29.5 Å². The minimum Gasteiger partial charge on any atom is -0.491 e. The summed E-state index contributed by atoms with van der Waals surface area (Å²) in [6.07, 6.45) is 2.42. The summed E-state index contributed by atoms with van der Waals surface area (Å²) < 4.78 is 5.53. The number of rotatable bonds is 7.